The molecule has 0 heterocycles. The lowest BCUT2D eigenvalue weighted by Crippen LogP contribution is -2.30. The lowest BCUT2D eigenvalue weighted by molar-refractivity contribution is 0.289. The van der Waals surface area contributed by atoms with Crippen molar-refractivity contribution < 1.29 is 9.13 Å². The summed E-state index contributed by atoms with van der Waals surface area (Å²) in [4.78, 5) is 0. The topological polar surface area (TPSA) is 21.3 Å². The molecule has 2 nitrogen and oxygen atoms in total. The maximum absolute atomic E-state index is 13.4. The van der Waals surface area contributed by atoms with E-state index in [2.05, 4.69) is 26.1 Å². The number of benzene rings is 1. The number of aryl methyl sites for hydroxylation is 1. The summed E-state index contributed by atoms with van der Waals surface area (Å²) in [6.45, 7) is 9.81. The fourth-order valence-electron chi connectivity index (χ4n) is 1.87. The molecule has 0 radical (unpaired) electrons. The van der Waals surface area contributed by atoms with Crippen LogP contribution in [0.15, 0.2) is 18.2 Å². The van der Waals surface area contributed by atoms with Gasteiger partial charge in [-0.05, 0) is 50.3 Å². The molecule has 1 atom stereocenters. The van der Waals surface area contributed by atoms with Crippen molar-refractivity contribution in [1.29, 1.82) is 0 Å². The first-order valence-corrected chi connectivity index (χ1v) is 7.11. The molecule has 1 rings (SSSR count). The number of hydrogen-bond acceptors (Lipinski definition) is 2. The molecule has 1 N–H and O–H groups in total. The first-order chi connectivity index (χ1) is 8.99. The van der Waals surface area contributed by atoms with Crippen LogP contribution < -0.4 is 10.1 Å². The van der Waals surface area contributed by atoms with Gasteiger partial charge < -0.3 is 10.1 Å². The molecular weight excluding hydrogens is 241 g/mol. The lowest BCUT2D eigenvalue weighted by atomic mass is 10.0. The molecule has 0 aliphatic heterocycles. The molecular formula is C16H26FNO. The van der Waals surface area contributed by atoms with Gasteiger partial charge in [0.1, 0.15) is 6.61 Å². The Bertz CT molecular complexity index is 379. The number of hydrogen-bond donors (Lipinski definition) is 1. The van der Waals surface area contributed by atoms with Crippen molar-refractivity contribution in [2.45, 2.75) is 46.6 Å². The highest BCUT2D eigenvalue weighted by Gasteiger charge is 2.05. The molecule has 108 valence electrons. The zero-order valence-electron chi connectivity index (χ0n) is 12.5. The van der Waals surface area contributed by atoms with Crippen LogP contribution in [-0.2, 0) is 0 Å². The van der Waals surface area contributed by atoms with Crippen molar-refractivity contribution in [2.24, 2.45) is 5.92 Å². The van der Waals surface area contributed by atoms with Crippen LogP contribution >= 0.6 is 0 Å². The highest BCUT2D eigenvalue weighted by molar-refractivity contribution is 5.29. The SMILES string of the molecule is Cc1ccc(F)c(OCCNC(C)CCC(C)C)c1. The van der Waals surface area contributed by atoms with Gasteiger partial charge in [0.05, 0.1) is 0 Å². The summed E-state index contributed by atoms with van der Waals surface area (Å²) < 4.78 is 18.9. The summed E-state index contributed by atoms with van der Waals surface area (Å²) in [5.41, 5.74) is 1.01. The Morgan fingerprint density at radius 1 is 1.21 bits per heavy atom. The Morgan fingerprint density at radius 2 is 1.95 bits per heavy atom. The fraction of sp³-hybridized carbons (Fsp3) is 0.625. The molecule has 0 aliphatic rings. The number of halogens is 1. The van der Waals surface area contributed by atoms with E-state index < -0.39 is 0 Å². The molecule has 0 fully saturated rings. The Labute approximate surface area is 116 Å². The summed E-state index contributed by atoms with van der Waals surface area (Å²) in [7, 11) is 0. The predicted molar refractivity (Wildman–Crippen MR) is 78.2 cm³/mol. The van der Waals surface area contributed by atoms with Crippen molar-refractivity contribution in [1.82, 2.24) is 5.32 Å². The maximum atomic E-state index is 13.4. The molecule has 0 aliphatic carbocycles. The maximum Gasteiger partial charge on any atom is 0.165 e. The van der Waals surface area contributed by atoms with Gasteiger partial charge in [0.2, 0.25) is 0 Å². The van der Waals surface area contributed by atoms with E-state index in [0.717, 1.165) is 24.4 Å². The average molecular weight is 267 g/mol. The minimum atomic E-state index is -0.293. The third-order valence-corrected chi connectivity index (χ3v) is 3.12. The van der Waals surface area contributed by atoms with Gasteiger partial charge in [0.25, 0.3) is 0 Å². The molecule has 0 aromatic heterocycles. The molecule has 1 unspecified atom stereocenters. The van der Waals surface area contributed by atoms with Gasteiger partial charge in [-0.1, -0.05) is 19.9 Å². The van der Waals surface area contributed by atoms with Crippen LogP contribution in [0.5, 0.6) is 5.75 Å². The molecule has 0 saturated carbocycles. The van der Waals surface area contributed by atoms with Crippen molar-refractivity contribution >= 4 is 0 Å². The second-order valence-electron chi connectivity index (χ2n) is 5.61. The normalized spacial score (nSPS) is 12.7. The van der Waals surface area contributed by atoms with E-state index in [4.69, 9.17) is 4.74 Å². The quantitative estimate of drug-likeness (QED) is 0.721. The van der Waals surface area contributed by atoms with Crippen molar-refractivity contribution in [3.05, 3.63) is 29.6 Å². The van der Waals surface area contributed by atoms with Crippen LogP contribution in [0.3, 0.4) is 0 Å². The van der Waals surface area contributed by atoms with Crippen LogP contribution in [0.25, 0.3) is 0 Å². The van der Waals surface area contributed by atoms with E-state index in [1.54, 1.807) is 12.1 Å². The van der Waals surface area contributed by atoms with Gasteiger partial charge >= 0.3 is 0 Å². The molecule has 1 aromatic carbocycles. The predicted octanol–water partition coefficient (Wildman–Crippen LogP) is 3.93. The fourth-order valence-corrected chi connectivity index (χ4v) is 1.87. The second kappa shape index (κ2) is 8.16. The Kier molecular flexibility index (Phi) is 6.85. The van der Waals surface area contributed by atoms with E-state index in [1.807, 2.05) is 6.92 Å². The third kappa shape index (κ3) is 6.58. The van der Waals surface area contributed by atoms with Crippen molar-refractivity contribution in [2.75, 3.05) is 13.2 Å². The molecule has 0 spiro atoms. The van der Waals surface area contributed by atoms with Crippen LogP contribution in [0, 0.1) is 18.7 Å². The van der Waals surface area contributed by atoms with Crippen molar-refractivity contribution in [3.63, 3.8) is 0 Å². The van der Waals surface area contributed by atoms with Gasteiger partial charge in [0.15, 0.2) is 11.6 Å². The molecule has 1 aromatic rings. The van der Waals surface area contributed by atoms with E-state index in [9.17, 15) is 4.39 Å². The van der Waals surface area contributed by atoms with Gasteiger partial charge in [0, 0.05) is 12.6 Å². The van der Waals surface area contributed by atoms with Crippen molar-refractivity contribution in [3.8, 4) is 5.75 Å². The third-order valence-electron chi connectivity index (χ3n) is 3.12. The smallest absolute Gasteiger partial charge is 0.165 e. The summed E-state index contributed by atoms with van der Waals surface area (Å²) in [5, 5.41) is 3.39. The van der Waals surface area contributed by atoms with Crippen LogP contribution in [0.1, 0.15) is 39.2 Å². The minimum absolute atomic E-state index is 0.293. The van der Waals surface area contributed by atoms with Gasteiger partial charge in [-0.3, -0.25) is 0 Å². The Balaban J connectivity index is 2.21. The monoisotopic (exact) mass is 267 g/mol. The largest absolute Gasteiger partial charge is 0.489 e. The number of ether oxygens (including phenoxy) is 1. The van der Waals surface area contributed by atoms with E-state index in [-0.39, 0.29) is 5.82 Å². The summed E-state index contributed by atoms with van der Waals surface area (Å²) in [6, 6.07) is 5.41. The summed E-state index contributed by atoms with van der Waals surface area (Å²) in [5.74, 6) is 0.789. The van der Waals surface area contributed by atoms with E-state index >= 15 is 0 Å². The van der Waals surface area contributed by atoms with Crippen LogP contribution in [0.4, 0.5) is 4.39 Å². The zero-order chi connectivity index (χ0) is 14.3. The molecule has 19 heavy (non-hydrogen) atoms. The summed E-state index contributed by atoms with van der Waals surface area (Å²) >= 11 is 0. The standard InChI is InChI=1S/C16H26FNO/c1-12(2)5-7-14(4)18-9-10-19-16-11-13(3)6-8-15(16)17/h6,8,11-12,14,18H,5,7,9-10H2,1-4H3. The van der Waals surface area contributed by atoms with Gasteiger partial charge in [-0.15, -0.1) is 0 Å². The first-order valence-electron chi connectivity index (χ1n) is 7.11. The average Bonchev–Trinajstić information content (AvgIpc) is 2.36. The molecule has 0 amide bonds. The highest BCUT2D eigenvalue weighted by atomic mass is 19.1. The molecule has 0 bridgehead atoms. The molecule has 3 heteroatoms. The van der Waals surface area contributed by atoms with Crippen LogP contribution in [0.2, 0.25) is 0 Å². The lowest BCUT2D eigenvalue weighted by Gasteiger charge is -2.15. The van der Waals surface area contributed by atoms with E-state index in [0.29, 0.717) is 18.4 Å². The van der Waals surface area contributed by atoms with Gasteiger partial charge in [-0.25, -0.2) is 4.39 Å². The van der Waals surface area contributed by atoms with E-state index in [1.165, 1.54) is 12.5 Å². The zero-order valence-corrected chi connectivity index (χ0v) is 12.5. The Morgan fingerprint density at radius 3 is 2.63 bits per heavy atom. The first kappa shape index (κ1) is 16.0. The van der Waals surface area contributed by atoms with Crippen LogP contribution in [-0.4, -0.2) is 19.2 Å². The Hall–Kier alpha value is -1.09. The number of rotatable bonds is 8. The summed E-state index contributed by atoms with van der Waals surface area (Å²) in [6.07, 6.45) is 2.39. The van der Waals surface area contributed by atoms with Gasteiger partial charge in [-0.2, -0.15) is 0 Å². The number of nitrogens with one attached hydrogen (secondary N) is 1. The second-order valence-corrected chi connectivity index (χ2v) is 5.61. The minimum Gasteiger partial charge on any atom is -0.489 e. The molecule has 0 saturated heterocycles. The highest BCUT2D eigenvalue weighted by Crippen LogP contribution is 2.17.